The van der Waals surface area contributed by atoms with Gasteiger partial charge in [-0.05, 0) is 50.0 Å². The van der Waals surface area contributed by atoms with Crippen LogP contribution in [0.1, 0.15) is 30.1 Å². The summed E-state index contributed by atoms with van der Waals surface area (Å²) in [6.45, 7) is 7.89. The summed E-state index contributed by atoms with van der Waals surface area (Å²) < 4.78 is 5.68. The fraction of sp³-hybridized carbons (Fsp3) is 0.611. The molecule has 1 amide bonds. The van der Waals surface area contributed by atoms with E-state index in [1.165, 1.54) is 19.4 Å². The average molecular weight is 317 g/mol. The van der Waals surface area contributed by atoms with Crippen LogP contribution < -0.4 is 15.0 Å². The zero-order chi connectivity index (χ0) is 16.2. The zero-order valence-corrected chi connectivity index (χ0v) is 14.2. The van der Waals surface area contributed by atoms with E-state index >= 15 is 0 Å². The minimum Gasteiger partial charge on any atom is -0.490 e. The lowest BCUT2D eigenvalue weighted by Crippen LogP contribution is -2.40. The Balaban J connectivity index is 1.58. The summed E-state index contributed by atoms with van der Waals surface area (Å²) in [6, 6.07) is 5.72. The van der Waals surface area contributed by atoms with Gasteiger partial charge in [0.15, 0.2) is 0 Å². The number of fused-ring (bicyclic) bond motifs is 1. The first-order valence-corrected chi connectivity index (χ1v) is 8.66. The van der Waals surface area contributed by atoms with Gasteiger partial charge >= 0.3 is 0 Å². The minimum absolute atomic E-state index is 0.00162. The number of ether oxygens (including phenoxy) is 1. The van der Waals surface area contributed by atoms with Gasteiger partial charge in [0.1, 0.15) is 12.4 Å². The Kier molecular flexibility index (Phi) is 5.06. The van der Waals surface area contributed by atoms with Crippen molar-refractivity contribution in [2.24, 2.45) is 5.92 Å². The number of hydrogen-bond donors (Lipinski definition) is 1. The van der Waals surface area contributed by atoms with Crippen molar-refractivity contribution in [2.45, 2.75) is 19.8 Å². The number of piperidine rings is 1. The van der Waals surface area contributed by atoms with E-state index < -0.39 is 0 Å². The van der Waals surface area contributed by atoms with Crippen LogP contribution in [-0.4, -0.2) is 57.2 Å². The molecule has 0 bridgehead atoms. The molecule has 1 fully saturated rings. The van der Waals surface area contributed by atoms with Crippen molar-refractivity contribution >= 4 is 11.6 Å². The number of amides is 1. The molecule has 23 heavy (non-hydrogen) atoms. The summed E-state index contributed by atoms with van der Waals surface area (Å²) in [5.41, 5.74) is 1.74. The Morgan fingerprint density at radius 3 is 3.09 bits per heavy atom. The number of nitrogens with one attached hydrogen (secondary N) is 1. The summed E-state index contributed by atoms with van der Waals surface area (Å²) in [7, 11) is 2.05. The summed E-state index contributed by atoms with van der Waals surface area (Å²) in [4.78, 5) is 17.0. The molecule has 5 nitrogen and oxygen atoms in total. The number of rotatable bonds is 4. The van der Waals surface area contributed by atoms with Crippen molar-refractivity contribution in [3.63, 3.8) is 0 Å². The lowest BCUT2D eigenvalue weighted by Gasteiger charge is -2.32. The van der Waals surface area contributed by atoms with Crippen LogP contribution in [-0.2, 0) is 0 Å². The first-order valence-electron chi connectivity index (χ1n) is 8.66. The van der Waals surface area contributed by atoms with E-state index in [1.807, 2.05) is 25.2 Å². The summed E-state index contributed by atoms with van der Waals surface area (Å²) in [5.74, 6) is 1.37. The quantitative estimate of drug-likeness (QED) is 0.922. The molecule has 1 aromatic rings. The van der Waals surface area contributed by atoms with Crippen molar-refractivity contribution in [3.05, 3.63) is 23.8 Å². The first kappa shape index (κ1) is 16.1. The molecule has 5 heteroatoms. The van der Waals surface area contributed by atoms with E-state index in [9.17, 15) is 4.79 Å². The summed E-state index contributed by atoms with van der Waals surface area (Å²) in [5, 5.41) is 3.10. The Morgan fingerprint density at radius 2 is 2.26 bits per heavy atom. The van der Waals surface area contributed by atoms with Crippen molar-refractivity contribution in [1.29, 1.82) is 0 Å². The standard InChI is InChI=1S/C18H27N3O2/c1-3-21-8-4-5-14(13-21)12-19-18(22)15-6-7-16-17(11-15)23-10-9-20(16)2/h6-7,11,14H,3-5,8-10,12-13H2,1-2H3,(H,19,22)/t14-/m0/s1. The third-order valence-corrected chi connectivity index (χ3v) is 4.92. The molecule has 0 aromatic heterocycles. The predicted octanol–water partition coefficient (Wildman–Crippen LogP) is 1.98. The molecule has 126 valence electrons. The Labute approximate surface area is 138 Å². The number of carbonyl (C=O) groups is 1. The Hall–Kier alpha value is -1.75. The fourth-order valence-corrected chi connectivity index (χ4v) is 3.44. The van der Waals surface area contributed by atoms with Gasteiger partial charge in [-0.1, -0.05) is 6.92 Å². The van der Waals surface area contributed by atoms with Crippen molar-refractivity contribution in [3.8, 4) is 5.75 Å². The molecule has 0 spiro atoms. The lowest BCUT2D eigenvalue weighted by molar-refractivity contribution is 0.0933. The van der Waals surface area contributed by atoms with Gasteiger partial charge < -0.3 is 19.9 Å². The second-order valence-electron chi connectivity index (χ2n) is 6.56. The molecular formula is C18H27N3O2. The molecule has 0 saturated carbocycles. The molecule has 3 rings (SSSR count). The number of carbonyl (C=O) groups excluding carboxylic acids is 1. The smallest absolute Gasteiger partial charge is 0.251 e. The van der Waals surface area contributed by atoms with Gasteiger partial charge in [-0.3, -0.25) is 4.79 Å². The highest BCUT2D eigenvalue weighted by Gasteiger charge is 2.20. The monoisotopic (exact) mass is 317 g/mol. The molecule has 1 aromatic carbocycles. The molecule has 0 aliphatic carbocycles. The molecular weight excluding hydrogens is 290 g/mol. The van der Waals surface area contributed by atoms with Crippen LogP contribution in [0.25, 0.3) is 0 Å². The lowest BCUT2D eigenvalue weighted by atomic mass is 9.98. The van der Waals surface area contributed by atoms with Gasteiger partial charge in [-0.15, -0.1) is 0 Å². The third-order valence-electron chi connectivity index (χ3n) is 4.92. The zero-order valence-electron chi connectivity index (χ0n) is 14.2. The van der Waals surface area contributed by atoms with Crippen LogP contribution in [0.4, 0.5) is 5.69 Å². The van der Waals surface area contributed by atoms with Crippen LogP contribution in [0.3, 0.4) is 0 Å². The number of benzene rings is 1. The van der Waals surface area contributed by atoms with Crippen molar-refractivity contribution in [2.75, 3.05) is 51.3 Å². The molecule has 1 saturated heterocycles. The maximum atomic E-state index is 12.4. The van der Waals surface area contributed by atoms with Gasteiger partial charge in [0.25, 0.3) is 5.91 Å². The van der Waals surface area contributed by atoms with E-state index in [0.717, 1.165) is 37.6 Å². The number of likely N-dealkylation sites (N-methyl/N-ethyl adjacent to an activating group) is 1. The second kappa shape index (κ2) is 7.21. The number of anilines is 1. The number of likely N-dealkylation sites (tertiary alicyclic amines) is 1. The van der Waals surface area contributed by atoms with Gasteiger partial charge in [0, 0.05) is 25.7 Å². The molecule has 0 unspecified atom stereocenters. The summed E-state index contributed by atoms with van der Waals surface area (Å²) >= 11 is 0. The topological polar surface area (TPSA) is 44.8 Å². The largest absolute Gasteiger partial charge is 0.490 e. The highest BCUT2D eigenvalue weighted by molar-refractivity contribution is 5.95. The molecule has 2 aliphatic heterocycles. The van der Waals surface area contributed by atoms with E-state index in [-0.39, 0.29) is 5.91 Å². The van der Waals surface area contributed by atoms with E-state index in [0.29, 0.717) is 18.1 Å². The van der Waals surface area contributed by atoms with Gasteiger partial charge in [0.05, 0.1) is 12.2 Å². The van der Waals surface area contributed by atoms with Crippen LogP contribution in [0.2, 0.25) is 0 Å². The maximum Gasteiger partial charge on any atom is 0.251 e. The number of hydrogen-bond acceptors (Lipinski definition) is 4. The minimum atomic E-state index is -0.00162. The highest BCUT2D eigenvalue weighted by Crippen LogP contribution is 2.31. The molecule has 1 N–H and O–H groups in total. The van der Waals surface area contributed by atoms with E-state index in [1.54, 1.807) is 0 Å². The van der Waals surface area contributed by atoms with Crippen LogP contribution in [0.15, 0.2) is 18.2 Å². The molecule has 2 aliphatic rings. The molecule has 2 heterocycles. The van der Waals surface area contributed by atoms with E-state index in [4.69, 9.17) is 4.74 Å². The van der Waals surface area contributed by atoms with Gasteiger partial charge in [-0.2, -0.15) is 0 Å². The maximum absolute atomic E-state index is 12.4. The average Bonchev–Trinajstić information content (AvgIpc) is 2.59. The first-order chi connectivity index (χ1) is 11.2. The third kappa shape index (κ3) is 3.78. The highest BCUT2D eigenvalue weighted by atomic mass is 16.5. The predicted molar refractivity (Wildman–Crippen MR) is 92.4 cm³/mol. The van der Waals surface area contributed by atoms with Crippen molar-refractivity contribution in [1.82, 2.24) is 10.2 Å². The Morgan fingerprint density at radius 1 is 1.39 bits per heavy atom. The second-order valence-corrected chi connectivity index (χ2v) is 6.56. The fourth-order valence-electron chi connectivity index (χ4n) is 3.44. The number of nitrogens with zero attached hydrogens (tertiary/aromatic N) is 2. The van der Waals surface area contributed by atoms with Crippen LogP contribution in [0.5, 0.6) is 5.75 Å². The summed E-state index contributed by atoms with van der Waals surface area (Å²) in [6.07, 6.45) is 2.43. The van der Waals surface area contributed by atoms with Gasteiger partial charge in [0.2, 0.25) is 0 Å². The normalized spacial score (nSPS) is 21.5. The SMILES string of the molecule is CCN1CCC[C@@H](CNC(=O)c2ccc3c(c2)OCCN3C)C1. The Bertz CT molecular complexity index is 561. The van der Waals surface area contributed by atoms with Gasteiger partial charge in [-0.25, -0.2) is 0 Å². The van der Waals surface area contributed by atoms with Crippen LogP contribution in [0, 0.1) is 5.92 Å². The molecule has 0 radical (unpaired) electrons. The van der Waals surface area contributed by atoms with Crippen LogP contribution >= 0.6 is 0 Å². The van der Waals surface area contributed by atoms with E-state index in [2.05, 4.69) is 22.0 Å². The molecule has 1 atom stereocenters. The van der Waals surface area contributed by atoms with Crippen molar-refractivity contribution < 1.29 is 9.53 Å².